The first-order valence-electron chi connectivity index (χ1n) is 11.1. The molecule has 1 unspecified atom stereocenters. The lowest BCUT2D eigenvalue weighted by Crippen LogP contribution is -2.49. The molecule has 0 aromatic carbocycles. The van der Waals surface area contributed by atoms with Crippen molar-refractivity contribution in [2.24, 2.45) is 0 Å². The largest absolute Gasteiger partial charge is 0.421 e. The van der Waals surface area contributed by atoms with E-state index < -0.39 is 35.1 Å². The van der Waals surface area contributed by atoms with Gasteiger partial charge in [0.25, 0.3) is 5.56 Å². The third kappa shape index (κ3) is 6.50. The molecule has 0 radical (unpaired) electrons. The van der Waals surface area contributed by atoms with Crippen LogP contribution in [0.2, 0.25) is 0 Å². The van der Waals surface area contributed by atoms with Gasteiger partial charge < -0.3 is 9.80 Å². The fourth-order valence-corrected chi connectivity index (χ4v) is 3.84. The van der Waals surface area contributed by atoms with E-state index in [9.17, 15) is 35.9 Å². The third-order valence-corrected chi connectivity index (χ3v) is 6.00. The Labute approximate surface area is 202 Å². The molecule has 0 aliphatic carbocycles. The minimum atomic E-state index is -4.81. The molecule has 1 aliphatic heterocycles. The van der Waals surface area contributed by atoms with Gasteiger partial charge in [-0.15, -0.1) is 0 Å². The van der Waals surface area contributed by atoms with Crippen molar-refractivity contribution >= 4 is 11.9 Å². The molecule has 1 fully saturated rings. The number of nitrogens with zero attached hydrogens (tertiary/aromatic N) is 6. The molecular formula is C21H25F6N7O2. The van der Waals surface area contributed by atoms with Gasteiger partial charge in [0.05, 0.1) is 17.3 Å². The van der Waals surface area contributed by atoms with Crippen LogP contribution in [0.25, 0.3) is 0 Å². The number of H-pyrrole nitrogens is 1. The summed E-state index contributed by atoms with van der Waals surface area (Å²) in [7, 11) is 0. The number of amides is 1. The van der Waals surface area contributed by atoms with Crippen LogP contribution in [-0.2, 0) is 17.1 Å². The molecule has 15 heteroatoms. The Bertz CT molecular complexity index is 1100. The van der Waals surface area contributed by atoms with E-state index in [1.165, 1.54) is 0 Å². The van der Waals surface area contributed by atoms with Crippen molar-refractivity contribution in [2.45, 2.75) is 38.7 Å². The van der Waals surface area contributed by atoms with Gasteiger partial charge in [0.1, 0.15) is 5.56 Å². The van der Waals surface area contributed by atoms with Gasteiger partial charge in [-0.3, -0.25) is 14.5 Å². The van der Waals surface area contributed by atoms with Gasteiger partial charge >= 0.3 is 12.4 Å². The molecule has 198 valence electrons. The van der Waals surface area contributed by atoms with Crippen LogP contribution in [0.5, 0.6) is 0 Å². The first-order valence-corrected chi connectivity index (χ1v) is 11.1. The van der Waals surface area contributed by atoms with Crippen molar-refractivity contribution in [3.05, 3.63) is 45.6 Å². The van der Waals surface area contributed by atoms with Gasteiger partial charge in [0.2, 0.25) is 11.9 Å². The van der Waals surface area contributed by atoms with Crippen LogP contribution in [0.15, 0.2) is 23.3 Å². The maximum absolute atomic E-state index is 13.1. The van der Waals surface area contributed by atoms with E-state index in [0.717, 1.165) is 18.5 Å². The summed E-state index contributed by atoms with van der Waals surface area (Å²) in [4.78, 5) is 36.8. The molecule has 2 aromatic rings. The predicted octanol–water partition coefficient (Wildman–Crippen LogP) is 2.72. The Morgan fingerprint density at radius 1 is 1.08 bits per heavy atom. The van der Waals surface area contributed by atoms with Crippen LogP contribution in [-0.4, -0.2) is 75.1 Å². The number of aromatic amines is 1. The lowest BCUT2D eigenvalue weighted by Gasteiger charge is -2.35. The van der Waals surface area contributed by atoms with Crippen molar-refractivity contribution in [3.63, 3.8) is 0 Å². The predicted molar refractivity (Wildman–Crippen MR) is 116 cm³/mol. The minimum Gasteiger partial charge on any atom is -0.339 e. The summed E-state index contributed by atoms with van der Waals surface area (Å²) in [6.07, 6.45) is -7.80. The second-order valence-electron chi connectivity index (χ2n) is 8.23. The second kappa shape index (κ2) is 10.8. The number of anilines is 1. The summed E-state index contributed by atoms with van der Waals surface area (Å²) in [5.74, 6) is -0.0215. The second-order valence-corrected chi connectivity index (χ2v) is 8.23. The number of hydrogen-bond donors (Lipinski definition) is 1. The minimum absolute atomic E-state index is 0.0291. The third-order valence-electron chi connectivity index (χ3n) is 6.00. The summed E-state index contributed by atoms with van der Waals surface area (Å²) in [6.45, 7) is 5.43. The Morgan fingerprint density at radius 2 is 1.69 bits per heavy atom. The number of halogens is 6. The molecule has 0 spiro atoms. The summed E-state index contributed by atoms with van der Waals surface area (Å²) < 4.78 is 77.2. The Morgan fingerprint density at radius 3 is 2.22 bits per heavy atom. The van der Waals surface area contributed by atoms with E-state index in [0.29, 0.717) is 32.7 Å². The molecule has 3 rings (SSSR count). The number of rotatable bonds is 7. The zero-order valence-corrected chi connectivity index (χ0v) is 19.5. The quantitative estimate of drug-likeness (QED) is 0.560. The first-order chi connectivity index (χ1) is 16.8. The number of carbonyl (C=O) groups is 1. The van der Waals surface area contributed by atoms with Crippen molar-refractivity contribution < 1.29 is 31.1 Å². The average Bonchev–Trinajstić information content (AvgIpc) is 2.83. The summed E-state index contributed by atoms with van der Waals surface area (Å²) in [5, 5.41) is 5.62. The highest BCUT2D eigenvalue weighted by Crippen LogP contribution is 2.29. The SMILES string of the molecule is CCN(CCC(=O)N1CCN(c2ncc(C(F)(F)F)cn2)CC1)C(C)c1cc(C(F)(F)F)c(=O)[nH]n1. The zero-order valence-electron chi connectivity index (χ0n) is 19.5. The topological polar surface area (TPSA) is 98.3 Å². The van der Waals surface area contributed by atoms with Gasteiger partial charge in [-0.1, -0.05) is 6.92 Å². The van der Waals surface area contributed by atoms with Gasteiger partial charge in [0, 0.05) is 51.5 Å². The summed E-state index contributed by atoms with van der Waals surface area (Å²) >= 11 is 0. The highest BCUT2D eigenvalue weighted by Gasteiger charge is 2.35. The molecule has 2 aromatic heterocycles. The molecule has 0 saturated carbocycles. The summed E-state index contributed by atoms with van der Waals surface area (Å²) in [5.41, 5.74) is -3.57. The number of alkyl halides is 6. The number of piperazine rings is 1. The summed E-state index contributed by atoms with van der Waals surface area (Å²) in [6, 6.07) is 0.130. The number of hydrogen-bond acceptors (Lipinski definition) is 7. The molecule has 1 amide bonds. The van der Waals surface area contributed by atoms with Crippen molar-refractivity contribution in [2.75, 3.05) is 44.2 Å². The monoisotopic (exact) mass is 521 g/mol. The van der Waals surface area contributed by atoms with Crippen LogP contribution in [0.4, 0.5) is 32.3 Å². The van der Waals surface area contributed by atoms with Crippen molar-refractivity contribution in [1.29, 1.82) is 0 Å². The Balaban J connectivity index is 1.54. The Kier molecular flexibility index (Phi) is 8.21. The van der Waals surface area contributed by atoms with E-state index in [1.54, 1.807) is 28.5 Å². The molecular weight excluding hydrogens is 496 g/mol. The highest BCUT2D eigenvalue weighted by atomic mass is 19.4. The van der Waals surface area contributed by atoms with Gasteiger partial charge in [-0.2, -0.15) is 31.4 Å². The molecule has 36 heavy (non-hydrogen) atoms. The smallest absolute Gasteiger partial charge is 0.339 e. The Hall–Kier alpha value is -3.23. The van der Waals surface area contributed by atoms with E-state index in [-0.39, 0.29) is 30.5 Å². The number of nitrogens with one attached hydrogen (secondary N) is 1. The average molecular weight is 521 g/mol. The lowest BCUT2D eigenvalue weighted by atomic mass is 10.1. The molecule has 0 bridgehead atoms. The normalized spacial score (nSPS) is 15.9. The van der Waals surface area contributed by atoms with Gasteiger partial charge in [-0.25, -0.2) is 15.1 Å². The molecule has 1 N–H and O–H groups in total. The standard InChI is InChI=1S/C21H25F6N7O2/c1-3-32(13(2)16-10-15(21(25,26)27)18(36)31-30-16)5-4-17(35)33-6-8-34(9-7-33)19-28-11-14(12-29-19)20(22,23)24/h10-13H,3-9H2,1-2H3,(H,31,36). The molecule has 1 saturated heterocycles. The van der Waals surface area contributed by atoms with Crippen LogP contribution >= 0.6 is 0 Å². The number of carbonyl (C=O) groups excluding carboxylic acids is 1. The fraction of sp³-hybridized carbons (Fsp3) is 0.571. The van der Waals surface area contributed by atoms with Gasteiger partial charge in [-0.05, 0) is 19.5 Å². The first kappa shape index (κ1) is 27.4. The number of aromatic nitrogens is 4. The van der Waals surface area contributed by atoms with Crippen LogP contribution in [0.1, 0.15) is 43.1 Å². The van der Waals surface area contributed by atoms with Crippen molar-refractivity contribution in [3.8, 4) is 0 Å². The fourth-order valence-electron chi connectivity index (χ4n) is 3.84. The van der Waals surface area contributed by atoms with E-state index in [2.05, 4.69) is 15.1 Å². The zero-order chi connectivity index (χ0) is 26.7. The molecule has 1 aliphatic rings. The maximum Gasteiger partial charge on any atom is 0.421 e. The van der Waals surface area contributed by atoms with E-state index in [4.69, 9.17) is 0 Å². The van der Waals surface area contributed by atoms with Gasteiger partial charge in [0.15, 0.2) is 0 Å². The highest BCUT2D eigenvalue weighted by molar-refractivity contribution is 5.76. The van der Waals surface area contributed by atoms with Crippen LogP contribution in [0.3, 0.4) is 0 Å². The molecule has 9 nitrogen and oxygen atoms in total. The maximum atomic E-state index is 13.1. The lowest BCUT2D eigenvalue weighted by molar-refractivity contribution is -0.139. The molecule has 3 heterocycles. The van der Waals surface area contributed by atoms with Crippen LogP contribution in [0, 0.1) is 0 Å². The van der Waals surface area contributed by atoms with E-state index >= 15 is 0 Å². The molecule has 1 atom stereocenters. The van der Waals surface area contributed by atoms with Crippen molar-refractivity contribution in [1.82, 2.24) is 30.0 Å². The van der Waals surface area contributed by atoms with E-state index in [1.807, 2.05) is 5.10 Å². The van der Waals surface area contributed by atoms with Crippen LogP contribution < -0.4 is 10.5 Å².